The van der Waals surface area contributed by atoms with E-state index in [1.807, 2.05) is 0 Å². The van der Waals surface area contributed by atoms with Gasteiger partial charge in [0.05, 0.1) is 9.99 Å². The van der Waals surface area contributed by atoms with E-state index in [0.717, 1.165) is 25.9 Å². The number of halogens is 2. The van der Waals surface area contributed by atoms with Crippen LogP contribution < -0.4 is 9.80 Å². The van der Waals surface area contributed by atoms with Gasteiger partial charge in [0.25, 0.3) is 0 Å². The minimum Gasteiger partial charge on any atom is -0.325 e. The number of hydrogen-bond acceptors (Lipinski definition) is 2. The minimum absolute atomic E-state index is 0. The second kappa shape index (κ2) is 18.2. The Labute approximate surface area is 385 Å². The molecule has 0 bridgehead atoms. The van der Waals surface area contributed by atoms with Crippen LogP contribution in [0, 0.1) is 41.5 Å². The summed E-state index contributed by atoms with van der Waals surface area (Å²) in [5, 5.41) is -0.359. The largest absolute Gasteiger partial charge is 2.00 e. The van der Waals surface area contributed by atoms with Gasteiger partial charge in [0.2, 0.25) is 0 Å². The third-order valence-electron chi connectivity index (χ3n) is 14.4. The number of rotatable bonds is 6. The summed E-state index contributed by atoms with van der Waals surface area (Å²) in [6.45, 7) is 15.5. The second-order valence-electron chi connectivity index (χ2n) is 18.6. The van der Waals surface area contributed by atoms with Crippen molar-refractivity contribution in [2.75, 3.05) is 22.9 Å². The Morgan fingerprint density at radius 2 is 1.12 bits per heavy atom. The molecule has 0 N–H and O–H groups in total. The van der Waals surface area contributed by atoms with Crippen molar-refractivity contribution in [3.63, 3.8) is 0 Å². The molecule has 1 heterocycles. The summed E-state index contributed by atoms with van der Waals surface area (Å²) in [4.78, 5) is 5.30. The summed E-state index contributed by atoms with van der Waals surface area (Å²) in [6, 6.07) is 29.6. The Hall–Kier alpha value is -2.67. The molecule has 2 nitrogen and oxygen atoms in total. The zero-order chi connectivity index (χ0) is 41.0. The van der Waals surface area contributed by atoms with Crippen LogP contribution in [0.25, 0.3) is 17.2 Å². The summed E-state index contributed by atoms with van der Waals surface area (Å²) in [5.41, 5.74) is 21.0. The summed E-state index contributed by atoms with van der Waals surface area (Å²) in [5.74, 6) is 1.28. The van der Waals surface area contributed by atoms with Gasteiger partial charge in [-0.05, 0) is 159 Å². The van der Waals surface area contributed by atoms with E-state index in [9.17, 15) is 0 Å². The van der Waals surface area contributed by atoms with Crippen LogP contribution in [0.2, 0.25) is 0 Å². The Morgan fingerprint density at radius 3 is 1.63 bits per heavy atom. The Morgan fingerprint density at radius 1 is 0.633 bits per heavy atom. The maximum atomic E-state index is 8.89. The van der Waals surface area contributed by atoms with Crippen molar-refractivity contribution in [1.29, 1.82) is 0 Å². The number of benzene rings is 4. The predicted octanol–water partition coefficient (Wildman–Crippen LogP) is 15.6. The zero-order valence-electron chi connectivity index (χ0n) is 36.7. The quantitative estimate of drug-likeness (QED) is 0.108. The molecule has 3 saturated carbocycles. The van der Waals surface area contributed by atoms with Crippen LogP contribution in [0.4, 0.5) is 11.4 Å². The SMILES string of the molecule is Cc1cc(C)c(N2CCN(c3c(C)cc(C)cc3C)C2=C2CCC(Cl)(P(C3CCCCC3)C3CCCCC3)C(=C3C(c4ccccc4)=Cc4ccccc43)C2Cl)c(C)c1.[Ru+2]. The molecule has 4 aromatic carbocycles. The van der Waals surface area contributed by atoms with Crippen molar-refractivity contribution >= 4 is 59.7 Å². The molecule has 2 atom stereocenters. The van der Waals surface area contributed by atoms with Crippen LogP contribution in [0.5, 0.6) is 0 Å². The van der Waals surface area contributed by atoms with E-state index in [2.05, 4.69) is 136 Å². The van der Waals surface area contributed by atoms with Crippen molar-refractivity contribution in [2.45, 2.75) is 140 Å². The molecule has 60 heavy (non-hydrogen) atoms. The summed E-state index contributed by atoms with van der Waals surface area (Å²) in [7, 11) is -0.579. The average molecular weight is 943 g/mol. The molecule has 9 rings (SSSR count). The maximum Gasteiger partial charge on any atom is 2.00 e. The Bertz CT molecular complexity index is 2200. The van der Waals surface area contributed by atoms with Gasteiger partial charge in [-0.25, -0.2) is 0 Å². The van der Waals surface area contributed by atoms with Crippen LogP contribution in [-0.4, -0.2) is 34.4 Å². The average Bonchev–Trinajstić information content (AvgIpc) is 3.80. The van der Waals surface area contributed by atoms with Gasteiger partial charge in [-0.3, -0.25) is 0 Å². The van der Waals surface area contributed by atoms with Crippen molar-refractivity contribution < 1.29 is 19.5 Å². The number of fused-ring (bicyclic) bond motifs is 1. The molecule has 314 valence electrons. The first kappa shape index (κ1) is 44.0. The maximum absolute atomic E-state index is 8.89. The molecule has 1 saturated heterocycles. The molecule has 5 aliphatic rings. The van der Waals surface area contributed by atoms with Crippen LogP contribution >= 0.6 is 31.1 Å². The van der Waals surface area contributed by atoms with Crippen molar-refractivity contribution in [3.05, 3.63) is 146 Å². The van der Waals surface area contributed by atoms with Crippen LogP contribution in [0.15, 0.2) is 95.8 Å². The molecule has 0 aromatic heterocycles. The fraction of sp³-hybridized carbons (Fsp3) is 0.444. The Kier molecular flexibility index (Phi) is 13.3. The smallest absolute Gasteiger partial charge is 0.325 e. The summed E-state index contributed by atoms with van der Waals surface area (Å²) in [6.07, 6.45) is 17.6. The number of anilines is 2. The van der Waals surface area contributed by atoms with E-state index < -0.39 is 12.5 Å². The van der Waals surface area contributed by atoms with E-state index >= 15 is 0 Å². The fourth-order valence-corrected chi connectivity index (χ4v) is 18.5. The Balaban J connectivity index is 0.00000499. The van der Waals surface area contributed by atoms with Gasteiger partial charge >= 0.3 is 19.5 Å². The molecule has 1 aliphatic heterocycles. The summed E-state index contributed by atoms with van der Waals surface area (Å²) < 4.78 is -0.504. The van der Waals surface area contributed by atoms with E-state index in [4.69, 9.17) is 23.2 Å². The van der Waals surface area contributed by atoms with Crippen molar-refractivity contribution in [3.8, 4) is 0 Å². The molecular weight excluding hydrogens is 880 g/mol. The van der Waals surface area contributed by atoms with E-state index in [0.29, 0.717) is 11.3 Å². The number of hydrogen-bond donors (Lipinski definition) is 0. The predicted molar refractivity (Wildman–Crippen MR) is 259 cm³/mol. The van der Waals surface area contributed by atoms with E-state index in [1.54, 1.807) is 0 Å². The van der Waals surface area contributed by atoms with Gasteiger partial charge in [-0.1, -0.05) is 136 Å². The molecular formula is C54H63Cl2N2PRu+2. The first-order chi connectivity index (χ1) is 28.5. The summed E-state index contributed by atoms with van der Waals surface area (Å²) >= 11 is 17.5. The second-order valence-corrected chi connectivity index (χ2v) is 22.9. The number of aryl methyl sites for hydroxylation is 6. The van der Waals surface area contributed by atoms with Gasteiger partial charge in [-0.15, -0.1) is 23.2 Å². The molecule has 4 aromatic rings. The fourth-order valence-electron chi connectivity index (χ4n) is 12.2. The first-order valence-electron chi connectivity index (χ1n) is 22.7. The number of nitrogens with zero attached hydrogens (tertiary/aromatic N) is 2. The van der Waals surface area contributed by atoms with E-state index in [1.165, 1.54) is 154 Å². The molecule has 0 amide bonds. The van der Waals surface area contributed by atoms with Gasteiger partial charge in [0.15, 0.2) is 0 Å². The first-order valence-corrected chi connectivity index (χ1v) is 25.0. The minimum atomic E-state index is -0.579. The van der Waals surface area contributed by atoms with Crippen molar-refractivity contribution in [2.24, 2.45) is 0 Å². The molecule has 0 spiro atoms. The normalized spacial score (nSPS) is 23.9. The van der Waals surface area contributed by atoms with E-state index in [-0.39, 0.29) is 24.9 Å². The molecule has 2 unspecified atom stereocenters. The van der Waals surface area contributed by atoms with Crippen LogP contribution in [-0.2, 0) is 19.5 Å². The molecule has 6 heteroatoms. The number of alkyl halides is 2. The standard InChI is InChI=1S/C54H63Cl2N2P.Ru/c1-35-30-37(3)51(38(4)31-35)57-28-29-58(52-39(5)32-36(2)33-40(52)6)53(57)46-26-27-54(56,59(43-21-12-8-13-22-43)44-23-14-9-15-24-44)49(50(46)55)48-45-25-17-16-20-42(45)34-47(48)41-18-10-7-11-19-41;/h7,10-11,16-20,25,30-34,43-44,50H,8-9,12-15,21-24,26-29H2,1-6H3;/q;+2. The number of allylic oxidation sites excluding steroid dienone is 4. The van der Waals surface area contributed by atoms with Gasteiger partial charge in [0.1, 0.15) is 5.82 Å². The monoisotopic (exact) mass is 942 g/mol. The van der Waals surface area contributed by atoms with Gasteiger partial charge in [-0.2, -0.15) is 0 Å². The van der Waals surface area contributed by atoms with Gasteiger partial charge in [0, 0.05) is 24.5 Å². The van der Waals surface area contributed by atoms with Gasteiger partial charge < -0.3 is 9.80 Å². The van der Waals surface area contributed by atoms with Crippen LogP contribution in [0.1, 0.15) is 127 Å². The third-order valence-corrected chi connectivity index (χ3v) is 19.7. The van der Waals surface area contributed by atoms with Crippen molar-refractivity contribution in [1.82, 2.24) is 0 Å². The third kappa shape index (κ3) is 7.95. The topological polar surface area (TPSA) is 6.48 Å². The zero-order valence-corrected chi connectivity index (χ0v) is 40.8. The van der Waals surface area contributed by atoms with Crippen LogP contribution in [0.3, 0.4) is 0 Å². The molecule has 4 aliphatic carbocycles. The molecule has 4 fully saturated rings. The molecule has 0 radical (unpaired) electrons.